The summed E-state index contributed by atoms with van der Waals surface area (Å²) in [5, 5.41) is 3.86. The molecule has 0 radical (unpaired) electrons. The molecule has 0 aliphatic carbocycles. The standard InChI is InChI=1S/C10H8BrF2N3/c11-7-1-2-8(12)6(10(7)13)5-16-4-3-9(14)15-16/h1-4H,5H2,(H2,14,15). The molecule has 0 fully saturated rings. The van der Waals surface area contributed by atoms with Gasteiger partial charge in [-0.2, -0.15) is 5.10 Å². The summed E-state index contributed by atoms with van der Waals surface area (Å²) in [6, 6.07) is 4.09. The Morgan fingerprint density at radius 3 is 2.69 bits per heavy atom. The molecule has 0 saturated carbocycles. The van der Waals surface area contributed by atoms with Crippen LogP contribution in [0.15, 0.2) is 28.9 Å². The molecule has 2 N–H and O–H groups in total. The normalized spacial score (nSPS) is 10.7. The third kappa shape index (κ3) is 2.06. The number of rotatable bonds is 2. The average Bonchev–Trinajstić information content (AvgIpc) is 2.65. The summed E-state index contributed by atoms with van der Waals surface area (Å²) in [5.74, 6) is -0.903. The zero-order valence-electron chi connectivity index (χ0n) is 8.12. The van der Waals surface area contributed by atoms with Gasteiger partial charge >= 0.3 is 0 Å². The smallest absolute Gasteiger partial charge is 0.145 e. The quantitative estimate of drug-likeness (QED) is 0.863. The molecule has 0 unspecified atom stereocenters. The van der Waals surface area contributed by atoms with E-state index in [1.807, 2.05) is 0 Å². The number of nitrogens with two attached hydrogens (primary N) is 1. The van der Waals surface area contributed by atoms with Crippen molar-refractivity contribution in [1.29, 1.82) is 0 Å². The highest BCUT2D eigenvalue weighted by atomic mass is 79.9. The topological polar surface area (TPSA) is 43.8 Å². The van der Waals surface area contributed by atoms with Gasteiger partial charge in [0.25, 0.3) is 0 Å². The molecule has 1 aromatic carbocycles. The third-order valence-corrected chi connectivity index (χ3v) is 2.73. The first-order valence-corrected chi connectivity index (χ1v) is 5.28. The van der Waals surface area contributed by atoms with E-state index in [9.17, 15) is 8.78 Å². The largest absolute Gasteiger partial charge is 0.382 e. The number of hydrogen-bond donors (Lipinski definition) is 1. The van der Waals surface area contributed by atoms with E-state index in [0.717, 1.165) is 0 Å². The van der Waals surface area contributed by atoms with E-state index in [1.54, 1.807) is 12.3 Å². The SMILES string of the molecule is Nc1ccn(Cc2c(F)ccc(Br)c2F)n1. The Hall–Kier alpha value is -1.43. The molecule has 0 bridgehead atoms. The minimum absolute atomic E-state index is 0.00824. The van der Waals surface area contributed by atoms with Crippen molar-refractivity contribution in [3.8, 4) is 0 Å². The van der Waals surface area contributed by atoms with Crippen LogP contribution in [0, 0.1) is 11.6 Å². The van der Waals surface area contributed by atoms with Crippen LogP contribution in [-0.4, -0.2) is 9.78 Å². The Morgan fingerprint density at radius 2 is 2.06 bits per heavy atom. The number of halogens is 3. The van der Waals surface area contributed by atoms with Crippen molar-refractivity contribution in [2.75, 3.05) is 5.73 Å². The van der Waals surface area contributed by atoms with Crippen LogP contribution >= 0.6 is 15.9 Å². The zero-order chi connectivity index (χ0) is 11.7. The Labute approximate surface area is 99.0 Å². The second-order valence-electron chi connectivity index (χ2n) is 3.26. The molecule has 0 spiro atoms. The summed E-state index contributed by atoms with van der Waals surface area (Å²) in [6.45, 7) is 0.00824. The molecule has 6 heteroatoms. The van der Waals surface area contributed by atoms with Crippen LogP contribution in [0.2, 0.25) is 0 Å². The monoisotopic (exact) mass is 287 g/mol. The number of nitrogen functional groups attached to an aromatic ring is 1. The maximum Gasteiger partial charge on any atom is 0.145 e. The average molecular weight is 288 g/mol. The Morgan fingerprint density at radius 1 is 1.31 bits per heavy atom. The fourth-order valence-corrected chi connectivity index (χ4v) is 1.71. The van der Waals surface area contributed by atoms with Gasteiger partial charge in [0, 0.05) is 11.8 Å². The van der Waals surface area contributed by atoms with Crippen molar-refractivity contribution in [1.82, 2.24) is 9.78 Å². The maximum atomic E-state index is 13.6. The van der Waals surface area contributed by atoms with Crippen LogP contribution in [0.5, 0.6) is 0 Å². The van der Waals surface area contributed by atoms with Gasteiger partial charge in [0.1, 0.15) is 17.5 Å². The van der Waals surface area contributed by atoms with Gasteiger partial charge in [0.05, 0.1) is 11.0 Å². The number of hydrogen-bond acceptors (Lipinski definition) is 2. The molecule has 16 heavy (non-hydrogen) atoms. The van der Waals surface area contributed by atoms with Crippen LogP contribution in [-0.2, 0) is 6.54 Å². The van der Waals surface area contributed by atoms with Crippen molar-refractivity contribution >= 4 is 21.7 Å². The Kier molecular flexibility index (Phi) is 2.91. The lowest BCUT2D eigenvalue weighted by Crippen LogP contribution is -2.06. The minimum atomic E-state index is -0.617. The number of aromatic nitrogens is 2. The molecule has 2 aromatic rings. The molecular weight excluding hydrogens is 280 g/mol. The van der Waals surface area contributed by atoms with Gasteiger partial charge in [0.15, 0.2) is 0 Å². The van der Waals surface area contributed by atoms with Crippen molar-refractivity contribution < 1.29 is 8.78 Å². The second-order valence-corrected chi connectivity index (χ2v) is 4.11. The first kappa shape index (κ1) is 11.1. The van der Waals surface area contributed by atoms with E-state index in [1.165, 1.54) is 16.8 Å². The summed E-state index contributed by atoms with van der Waals surface area (Å²) >= 11 is 3.00. The lowest BCUT2D eigenvalue weighted by molar-refractivity contribution is 0.530. The van der Waals surface area contributed by atoms with Crippen LogP contribution < -0.4 is 5.73 Å². The minimum Gasteiger partial charge on any atom is -0.382 e. The number of nitrogens with zero attached hydrogens (tertiary/aromatic N) is 2. The van der Waals surface area contributed by atoms with Gasteiger partial charge < -0.3 is 5.73 Å². The van der Waals surface area contributed by atoms with E-state index in [4.69, 9.17) is 5.73 Å². The highest BCUT2D eigenvalue weighted by Gasteiger charge is 2.13. The van der Waals surface area contributed by atoms with E-state index >= 15 is 0 Å². The first-order valence-electron chi connectivity index (χ1n) is 4.49. The highest BCUT2D eigenvalue weighted by molar-refractivity contribution is 9.10. The van der Waals surface area contributed by atoms with E-state index < -0.39 is 11.6 Å². The van der Waals surface area contributed by atoms with Crippen LogP contribution in [0.3, 0.4) is 0 Å². The predicted octanol–water partition coefficient (Wildman–Crippen LogP) is 2.55. The molecule has 3 nitrogen and oxygen atoms in total. The molecule has 0 aliphatic heterocycles. The van der Waals surface area contributed by atoms with Crippen LogP contribution in [0.4, 0.5) is 14.6 Å². The first-order chi connectivity index (χ1) is 7.58. The van der Waals surface area contributed by atoms with E-state index in [0.29, 0.717) is 5.82 Å². The third-order valence-electron chi connectivity index (χ3n) is 2.12. The van der Waals surface area contributed by atoms with Crippen LogP contribution in [0.1, 0.15) is 5.56 Å². The van der Waals surface area contributed by atoms with Crippen molar-refractivity contribution in [2.45, 2.75) is 6.54 Å². The van der Waals surface area contributed by atoms with Gasteiger partial charge in [-0.1, -0.05) is 0 Å². The fraction of sp³-hybridized carbons (Fsp3) is 0.100. The van der Waals surface area contributed by atoms with E-state index in [-0.39, 0.29) is 16.6 Å². The predicted molar refractivity (Wildman–Crippen MR) is 59.8 cm³/mol. The van der Waals surface area contributed by atoms with Gasteiger partial charge in [-0.3, -0.25) is 4.68 Å². The zero-order valence-corrected chi connectivity index (χ0v) is 9.71. The number of benzene rings is 1. The summed E-state index contributed by atoms with van der Waals surface area (Å²) in [7, 11) is 0. The van der Waals surface area contributed by atoms with Crippen molar-refractivity contribution in [3.05, 3.63) is 46.1 Å². The summed E-state index contributed by atoms with van der Waals surface area (Å²) in [6.07, 6.45) is 1.56. The van der Waals surface area contributed by atoms with Crippen LogP contribution in [0.25, 0.3) is 0 Å². The highest BCUT2D eigenvalue weighted by Crippen LogP contribution is 2.22. The molecule has 0 amide bonds. The second kappa shape index (κ2) is 4.21. The lowest BCUT2D eigenvalue weighted by Gasteiger charge is -2.06. The summed E-state index contributed by atoms with van der Waals surface area (Å²) in [5.41, 5.74) is 5.37. The van der Waals surface area contributed by atoms with Gasteiger partial charge in [0.2, 0.25) is 0 Å². The molecule has 0 atom stereocenters. The van der Waals surface area contributed by atoms with Gasteiger partial charge in [-0.15, -0.1) is 0 Å². The summed E-state index contributed by atoms with van der Waals surface area (Å²) in [4.78, 5) is 0. The van der Waals surface area contributed by atoms with E-state index in [2.05, 4.69) is 21.0 Å². The Balaban J connectivity index is 2.37. The number of anilines is 1. The van der Waals surface area contributed by atoms with Gasteiger partial charge in [-0.25, -0.2) is 8.78 Å². The molecule has 84 valence electrons. The van der Waals surface area contributed by atoms with Crippen molar-refractivity contribution in [3.63, 3.8) is 0 Å². The lowest BCUT2D eigenvalue weighted by atomic mass is 10.2. The molecule has 1 aromatic heterocycles. The molecule has 1 heterocycles. The molecule has 2 rings (SSSR count). The van der Waals surface area contributed by atoms with Crippen molar-refractivity contribution in [2.24, 2.45) is 0 Å². The molecule has 0 aliphatic rings. The summed E-state index contributed by atoms with van der Waals surface area (Å²) < 4.78 is 28.6. The fourth-order valence-electron chi connectivity index (χ4n) is 1.34. The molecule has 0 saturated heterocycles. The maximum absolute atomic E-state index is 13.6. The molecular formula is C10H8BrF2N3. The van der Waals surface area contributed by atoms with Gasteiger partial charge in [-0.05, 0) is 34.1 Å². The Bertz CT molecular complexity index is 525.